The second-order valence-corrected chi connectivity index (χ2v) is 3.55. The molecule has 0 saturated carbocycles. The topological polar surface area (TPSA) is 65.0 Å². The van der Waals surface area contributed by atoms with Crippen LogP contribution in [0.1, 0.15) is 17.3 Å². The molecule has 1 atom stereocenters. The van der Waals surface area contributed by atoms with Crippen LogP contribution in [-0.2, 0) is 4.74 Å². The van der Waals surface area contributed by atoms with Crippen molar-refractivity contribution in [1.82, 2.24) is 0 Å². The predicted octanol–water partition coefficient (Wildman–Crippen LogP) is 1.81. The van der Waals surface area contributed by atoms with E-state index < -0.39 is 5.97 Å². The molecule has 0 aromatic heterocycles. The largest absolute Gasteiger partial charge is 0.493 e. The lowest BCUT2D eigenvalue weighted by Gasteiger charge is -2.16. The van der Waals surface area contributed by atoms with Crippen LogP contribution in [0.2, 0.25) is 0 Å². The van der Waals surface area contributed by atoms with Gasteiger partial charge in [0.2, 0.25) is 0 Å². The molecule has 1 aromatic carbocycles. The van der Waals surface area contributed by atoms with Crippen LogP contribution in [0.25, 0.3) is 0 Å². The highest BCUT2D eigenvalue weighted by Gasteiger charge is 2.12. The molecule has 1 aromatic rings. The second-order valence-electron chi connectivity index (χ2n) is 3.55. The van der Waals surface area contributed by atoms with Gasteiger partial charge in [0.25, 0.3) is 0 Å². The highest BCUT2D eigenvalue weighted by Crippen LogP contribution is 2.28. The molecule has 0 heterocycles. The summed E-state index contributed by atoms with van der Waals surface area (Å²) in [5.74, 6) is -0.102. The number of rotatable bonds is 6. The summed E-state index contributed by atoms with van der Waals surface area (Å²) in [6.45, 7) is 2.30. The lowest BCUT2D eigenvalue weighted by Crippen LogP contribution is -2.18. The molecular formula is C12H16O5. The van der Waals surface area contributed by atoms with Gasteiger partial charge in [0.05, 0.1) is 19.3 Å². The number of carboxylic acids is 1. The second kappa shape index (κ2) is 6.10. The van der Waals surface area contributed by atoms with E-state index in [0.29, 0.717) is 18.1 Å². The van der Waals surface area contributed by atoms with E-state index in [9.17, 15) is 4.79 Å². The number of benzene rings is 1. The maximum Gasteiger partial charge on any atom is 0.335 e. The van der Waals surface area contributed by atoms with Crippen molar-refractivity contribution in [1.29, 1.82) is 0 Å². The quantitative estimate of drug-likeness (QED) is 0.821. The molecule has 17 heavy (non-hydrogen) atoms. The fraction of sp³-hybridized carbons (Fsp3) is 0.417. The summed E-state index contributed by atoms with van der Waals surface area (Å²) in [6.07, 6.45) is -0.135. The first-order chi connectivity index (χ1) is 8.08. The van der Waals surface area contributed by atoms with Gasteiger partial charge in [-0.25, -0.2) is 4.79 Å². The molecule has 1 rings (SSSR count). The molecule has 0 fully saturated rings. The molecule has 5 heteroatoms. The van der Waals surface area contributed by atoms with Gasteiger partial charge in [-0.15, -0.1) is 0 Å². The van der Waals surface area contributed by atoms with E-state index in [-0.39, 0.29) is 11.7 Å². The number of aromatic carboxylic acids is 1. The van der Waals surface area contributed by atoms with Crippen molar-refractivity contribution in [3.63, 3.8) is 0 Å². The lowest BCUT2D eigenvalue weighted by molar-refractivity contribution is 0.0696. The third-order valence-corrected chi connectivity index (χ3v) is 2.14. The van der Waals surface area contributed by atoms with Gasteiger partial charge in [0.15, 0.2) is 11.5 Å². The summed E-state index contributed by atoms with van der Waals surface area (Å²) in [5, 5.41) is 8.85. The maximum atomic E-state index is 10.8. The fourth-order valence-corrected chi connectivity index (χ4v) is 1.38. The molecule has 0 aliphatic heterocycles. The number of hydrogen-bond acceptors (Lipinski definition) is 4. The van der Waals surface area contributed by atoms with Crippen LogP contribution >= 0.6 is 0 Å². The summed E-state index contributed by atoms with van der Waals surface area (Å²) >= 11 is 0. The Kier molecular flexibility index (Phi) is 4.78. The number of ether oxygens (including phenoxy) is 3. The average Bonchev–Trinajstić information content (AvgIpc) is 2.29. The van der Waals surface area contributed by atoms with Crippen LogP contribution in [0.3, 0.4) is 0 Å². The Balaban J connectivity index is 2.88. The minimum atomic E-state index is -1.00. The van der Waals surface area contributed by atoms with E-state index in [2.05, 4.69) is 0 Å². The fourth-order valence-electron chi connectivity index (χ4n) is 1.38. The van der Waals surface area contributed by atoms with Gasteiger partial charge in [-0.3, -0.25) is 0 Å². The van der Waals surface area contributed by atoms with Crippen LogP contribution in [-0.4, -0.2) is 38.0 Å². The van der Waals surface area contributed by atoms with Gasteiger partial charge in [-0.05, 0) is 25.1 Å². The highest BCUT2D eigenvalue weighted by molar-refractivity contribution is 5.88. The summed E-state index contributed by atoms with van der Waals surface area (Å²) in [7, 11) is 3.05. The minimum absolute atomic E-state index is 0.135. The van der Waals surface area contributed by atoms with Crippen LogP contribution in [0, 0.1) is 0 Å². The summed E-state index contributed by atoms with van der Waals surface area (Å²) < 4.78 is 15.6. The van der Waals surface area contributed by atoms with Crippen LogP contribution in [0.4, 0.5) is 0 Å². The van der Waals surface area contributed by atoms with Crippen molar-refractivity contribution < 1.29 is 24.1 Å². The third-order valence-electron chi connectivity index (χ3n) is 2.14. The molecule has 0 amide bonds. The molecular weight excluding hydrogens is 224 g/mol. The Hall–Kier alpha value is -1.75. The van der Waals surface area contributed by atoms with Crippen LogP contribution < -0.4 is 9.47 Å². The van der Waals surface area contributed by atoms with Crippen molar-refractivity contribution in [2.24, 2.45) is 0 Å². The number of carbonyl (C=O) groups is 1. The monoisotopic (exact) mass is 240 g/mol. The molecule has 0 radical (unpaired) electrons. The van der Waals surface area contributed by atoms with Gasteiger partial charge in [0, 0.05) is 7.11 Å². The predicted molar refractivity (Wildman–Crippen MR) is 61.9 cm³/mol. The Morgan fingerprint density at radius 1 is 1.35 bits per heavy atom. The molecule has 0 saturated heterocycles. The van der Waals surface area contributed by atoms with Gasteiger partial charge in [-0.2, -0.15) is 0 Å². The Bertz CT molecular complexity index is 388. The van der Waals surface area contributed by atoms with Crippen molar-refractivity contribution in [2.45, 2.75) is 13.0 Å². The molecule has 0 bridgehead atoms. The Morgan fingerprint density at radius 2 is 2.06 bits per heavy atom. The molecule has 1 N–H and O–H groups in total. The average molecular weight is 240 g/mol. The minimum Gasteiger partial charge on any atom is -0.493 e. The zero-order chi connectivity index (χ0) is 12.8. The van der Waals surface area contributed by atoms with E-state index in [1.54, 1.807) is 13.2 Å². The van der Waals surface area contributed by atoms with Crippen molar-refractivity contribution in [3.05, 3.63) is 23.8 Å². The number of hydrogen-bond donors (Lipinski definition) is 1. The molecule has 0 spiro atoms. The first-order valence-corrected chi connectivity index (χ1v) is 5.15. The standard InChI is InChI=1S/C12H16O5/c1-8(7-15-2)17-10-5-4-9(12(13)14)6-11(10)16-3/h4-6,8H,7H2,1-3H3,(H,13,14). The van der Waals surface area contributed by atoms with Gasteiger partial charge >= 0.3 is 5.97 Å². The van der Waals surface area contributed by atoms with Crippen LogP contribution in [0.5, 0.6) is 11.5 Å². The third kappa shape index (κ3) is 3.64. The Labute approximate surface area is 99.9 Å². The normalized spacial score (nSPS) is 11.9. The smallest absolute Gasteiger partial charge is 0.335 e. The summed E-state index contributed by atoms with van der Waals surface area (Å²) in [4.78, 5) is 10.8. The van der Waals surface area contributed by atoms with E-state index in [1.807, 2.05) is 6.92 Å². The van der Waals surface area contributed by atoms with Crippen molar-refractivity contribution in [2.75, 3.05) is 20.8 Å². The van der Waals surface area contributed by atoms with E-state index in [1.165, 1.54) is 19.2 Å². The van der Waals surface area contributed by atoms with E-state index >= 15 is 0 Å². The summed E-state index contributed by atoms with van der Waals surface area (Å²) in [6, 6.07) is 4.48. The van der Waals surface area contributed by atoms with Gasteiger partial charge in [0.1, 0.15) is 6.10 Å². The van der Waals surface area contributed by atoms with Crippen molar-refractivity contribution in [3.8, 4) is 11.5 Å². The maximum absolute atomic E-state index is 10.8. The zero-order valence-electron chi connectivity index (χ0n) is 10.1. The molecule has 0 aliphatic rings. The Morgan fingerprint density at radius 3 is 2.59 bits per heavy atom. The van der Waals surface area contributed by atoms with Crippen LogP contribution in [0.15, 0.2) is 18.2 Å². The lowest BCUT2D eigenvalue weighted by atomic mass is 10.2. The highest BCUT2D eigenvalue weighted by atomic mass is 16.5. The molecule has 5 nitrogen and oxygen atoms in total. The number of methoxy groups -OCH3 is 2. The van der Waals surface area contributed by atoms with E-state index in [0.717, 1.165) is 0 Å². The van der Waals surface area contributed by atoms with Crippen molar-refractivity contribution >= 4 is 5.97 Å². The zero-order valence-corrected chi connectivity index (χ0v) is 10.1. The first-order valence-electron chi connectivity index (χ1n) is 5.15. The van der Waals surface area contributed by atoms with Gasteiger partial charge in [-0.1, -0.05) is 0 Å². The SMILES string of the molecule is COCC(C)Oc1ccc(C(=O)O)cc1OC. The van der Waals surface area contributed by atoms with Gasteiger partial charge < -0.3 is 19.3 Å². The van der Waals surface area contributed by atoms with E-state index in [4.69, 9.17) is 19.3 Å². The molecule has 94 valence electrons. The molecule has 1 unspecified atom stereocenters. The first kappa shape index (κ1) is 13.3. The number of carboxylic acid groups (broad SMARTS) is 1. The molecule has 0 aliphatic carbocycles. The summed E-state index contributed by atoms with van der Waals surface area (Å²) in [5.41, 5.74) is 0.161.